The molecule has 1 amide bonds. The molecule has 1 aliphatic rings. The fourth-order valence-electron chi connectivity index (χ4n) is 3.59. The van der Waals surface area contributed by atoms with Crippen molar-refractivity contribution in [3.8, 4) is 16.9 Å². The number of carbonyl (C=O) groups excluding carboxylic acids is 1. The number of ether oxygens (including phenoxy) is 1. The van der Waals surface area contributed by atoms with Crippen molar-refractivity contribution in [3.05, 3.63) is 65.7 Å². The summed E-state index contributed by atoms with van der Waals surface area (Å²) in [7, 11) is 3.89. The molecule has 0 spiro atoms. The van der Waals surface area contributed by atoms with Crippen LogP contribution in [0.4, 0.5) is 10.1 Å². The molecule has 162 valence electrons. The first-order valence-corrected chi connectivity index (χ1v) is 10.2. The maximum atomic E-state index is 14.9. The van der Waals surface area contributed by atoms with Crippen molar-refractivity contribution < 1.29 is 13.9 Å². The number of nitrogens with one attached hydrogen (secondary N) is 3. The zero-order valence-electron chi connectivity index (χ0n) is 17.6. The Bertz CT molecular complexity index is 1050. The summed E-state index contributed by atoms with van der Waals surface area (Å²) < 4.78 is 20.8. The van der Waals surface area contributed by atoms with Gasteiger partial charge in [-0.25, -0.2) is 4.39 Å². The Kier molecular flexibility index (Phi) is 6.29. The van der Waals surface area contributed by atoms with Crippen molar-refractivity contribution in [2.24, 2.45) is 0 Å². The van der Waals surface area contributed by atoms with Crippen molar-refractivity contribution in [1.82, 2.24) is 20.4 Å². The molecule has 0 fully saturated rings. The van der Waals surface area contributed by atoms with Crippen LogP contribution in [-0.4, -0.2) is 54.3 Å². The van der Waals surface area contributed by atoms with Gasteiger partial charge in [0.25, 0.3) is 0 Å². The molecule has 3 aromatic rings. The Balaban J connectivity index is 1.56. The van der Waals surface area contributed by atoms with Gasteiger partial charge in [0, 0.05) is 36.5 Å². The minimum absolute atomic E-state index is 0.220. The smallest absolute Gasteiger partial charge is 0.241 e. The van der Waals surface area contributed by atoms with Crippen LogP contribution in [0.3, 0.4) is 0 Å². The molecule has 1 aliphatic heterocycles. The lowest BCUT2D eigenvalue weighted by Gasteiger charge is -2.26. The van der Waals surface area contributed by atoms with Crippen molar-refractivity contribution in [2.75, 3.05) is 32.6 Å². The first-order valence-electron chi connectivity index (χ1n) is 10.2. The topological polar surface area (TPSA) is 82.3 Å². The van der Waals surface area contributed by atoms with Crippen molar-refractivity contribution in [2.45, 2.75) is 19.0 Å². The summed E-state index contributed by atoms with van der Waals surface area (Å²) in [4.78, 5) is 14.9. The summed E-state index contributed by atoms with van der Waals surface area (Å²) in [6.07, 6.45) is 3.74. The summed E-state index contributed by atoms with van der Waals surface area (Å²) >= 11 is 0. The van der Waals surface area contributed by atoms with Crippen molar-refractivity contribution in [1.29, 1.82) is 0 Å². The van der Waals surface area contributed by atoms with E-state index < -0.39 is 11.9 Å². The minimum atomic E-state index is -0.460. The highest BCUT2D eigenvalue weighted by molar-refractivity contribution is 5.97. The van der Waals surface area contributed by atoms with Crippen molar-refractivity contribution >= 4 is 11.6 Å². The maximum Gasteiger partial charge on any atom is 0.241 e. The fraction of sp³-hybridized carbons (Fsp3) is 0.304. The van der Waals surface area contributed by atoms with Crippen LogP contribution in [0, 0.1) is 5.82 Å². The third-order valence-electron chi connectivity index (χ3n) is 5.33. The number of rotatable bonds is 7. The molecule has 8 heteroatoms. The minimum Gasteiger partial charge on any atom is -0.490 e. The summed E-state index contributed by atoms with van der Waals surface area (Å²) in [6, 6.07) is 10.6. The Morgan fingerprint density at radius 1 is 1.29 bits per heavy atom. The van der Waals surface area contributed by atoms with Gasteiger partial charge in [0.2, 0.25) is 5.91 Å². The van der Waals surface area contributed by atoms with E-state index in [1.807, 2.05) is 37.2 Å². The molecule has 0 radical (unpaired) electrons. The van der Waals surface area contributed by atoms with Crippen LogP contribution < -0.4 is 15.4 Å². The van der Waals surface area contributed by atoms with Crippen LogP contribution in [0.1, 0.15) is 11.1 Å². The number of halogens is 1. The lowest BCUT2D eigenvalue weighted by Crippen LogP contribution is -2.44. The van der Waals surface area contributed by atoms with Crippen LogP contribution in [-0.2, 0) is 17.8 Å². The lowest BCUT2D eigenvalue weighted by atomic mass is 9.95. The highest BCUT2D eigenvalue weighted by Crippen LogP contribution is 2.33. The SMILES string of the molecule is CN(C)CCOc1cc(-c2cn[nH]c2)c(F)cc1NC(=O)[C@@H]1Cc2ccccc2CN1. The molecule has 2 aromatic carbocycles. The number of aromatic nitrogens is 2. The van der Waals surface area contributed by atoms with E-state index in [0.717, 1.165) is 5.56 Å². The van der Waals surface area contributed by atoms with E-state index in [0.29, 0.717) is 48.7 Å². The van der Waals surface area contributed by atoms with E-state index in [2.05, 4.69) is 26.9 Å². The van der Waals surface area contributed by atoms with E-state index >= 15 is 0 Å². The maximum absolute atomic E-state index is 14.9. The normalized spacial score (nSPS) is 15.5. The van der Waals surface area contributed by atoms with Gasteiger partial charge in [0.15, 0.2) is 0 Å². The van der Waals surface area contributed by atoms with Gasteiger partial charge in [0.1, 0.15) is 18.2 Å². The molecule has 0 saturated heterocycles. The summed E-state index contributed by atoms with van der Waals surface area (Å²) in [6.45, 7) is 1.71. The van der Waals surface area contributed by atoms with Gasteiger partial charge in [-0.3, -0.25) is 9.89 Å². The highest BCUT2D eigenvalue weighted by atomic mass is 19.1. The number of carbonyl (C=O) groups is 1. The quantitative estimate of drug-likeness (QED) is 0.544. The standard InChI is InChI=1S/C23H26FN5O2/c1-29(2)7-8-31-22-10-18(17-13-26-27-14-17)19(24)11-20(22)28-23(30)21-9-15-5-3-4-6-16(15)12-25-21/h3-6,10-11,13-14,21,25H,7-9,12H2,1-2H3,(H,26,27)(H,28,30)/t21-/m0/s1. The second kappa shape index (κ2) is 9.28. The Morgan fingerprint density at radius 2 is 2.10 bits per heavy atom. The van der Waals surface area contributed by atoms with E-state index in [4.69, 9.17) is 4.74 Å². The number of aromatic amines is 1. The molecule has 3 N–H and O–H groups in total. The number of fused-ring (bicyclic) bond motifs is 1. The second-order valence-electron chi connectivity index (χ2n) is 7.86. The molecular weight excluding hydrogens is 397 g/mol. The molecule has 0 unspecified atom stereocenters. The number of nitrogens with zero attached hydrogens (tertiary/aromatic N) is 2. The van der Waals surface area contributed by atoms with E-state index in [1.165, 1.54) is 11.6 Å². The first kappa shape index (κ1) is 21.0. The lowest BCUT2D eigenvalue weighted by molar-refractivity contribution is -0.118. The van der Waals surface area contributed by atoms with Gasteiger partial charge in [-0.2, -0.15) is 5.10 Å². The van der Waals surface area contributed by atoms with Gasteiger partial charge >= 0.3 is 0 Å². The number of hydrogen-bond donors (Lipinski definition) is 3. The van der Waals surface area contributed by atoms with Gasteiger partial charge in [-0.15, -0.1) is 0 Å². The largest absolute Gasteiger partial charge is 0.490 e. The second-order valence-corrected chi connectivity index (χ2v) is 7.86. The molecule has 1 aromatic heterocycles. The van der Waals surface area contributed by atoms with Crippen LogP contribution in [0.5, 0.6) is 5.75 Å². The monoisotopic (exact) mass is 423 g/mol. The highest BCUT2D eigenvalue weighted by Gasteiger charge is 2.25. The van der Waals surface area contributed by atoms with Crippen LogP contribution in [0.25, 0.3) is 11.1 Å². The number of amides is 1. The molecular formula is C23H26FN5O2. The van der Waals surface area contributed by atoms with Gasteiger partial charge in [-0.1, -0.05) is 24.3 Å². The van der Waals surface area contributed by atoms with Crippen LogP contribution >= 0.6 is 0 Å². The number of hydrogen-bond acceptors (Lipinski definition) is 5. The average Bonchev–Trinajstić information content (AvgIpc) is 3.29. The number of benzene rings is 2. The number of likely N-dealkylation sites (N-methyl/N-ethyl adjacent to an activating group) is 1. The average molecular weight is 423 g/mol. The van der Waals surface area contributed by atoms with E-state index in [1.54, 1.807) is 18.5 Å². The Morgan fingerprint density at radius 3 is 2.84 bits per heavy atom. The van der Waals surface area contributed by atoms with Crippen molar-refractivity contribution in [3.63, 3.8) is 0 Å². The molecule has 0 aliphatic carbocycles. The molecule has 7 nitrogen and oxygen atoms in total. The molecule has 0 saturated carbocycles. The number of H-pyrrole nitrogens is 1. The Hall–Kier alpha value is -3.23. The van der Waals surface area contributed by atoms with E-state index in [-0.39, 0.29) is 5.91 Å². The van der Waals surface area contributed by atoms with Crippen LogP contribution in [0.15, 0.2) is 48.8 Å². The van der Waals surface area contributed by atoms with Crippen LogP contribution in [0.2, 0.25) is 0 Å². The summed E-state index contributed by atoms with van der Waals surface area (Å²) in [5.41, 5.74) is 3.61. The molecule has 0 bridgehead atoms. The summed E-state index contributed by atoms with van der Waals surface area (Å²) in [5.74, 6) is -0.259. The fourth-order valence-corrected chi connectivity index (χ4v) is 3.59. The first-order chi connectivity index (χ1) is 15.0. The zero-order chi connectivity index (χ0) is 21.8. The zero-order valence-corrected chi connectivity index (χ0v) is 17.6. The third kappa shape index (κ3) is 4.92. The predicted molar refractivity (Wildman–Crippen MR) is 117 cm³/mol. The summed E-state index contributed by atoms with van der Waals surface area (Å²) in [5, 5.41) is 12.7. The predicted octanol–water partition coefficient (Wildman–Crippen LogP) is 2.81. The Labute approximate surface area is 180 Å². The molecule has 1 atom stereocenters. The number of anilines is 1. The van der Waals surface area contributed by atoms with Gasteiger partial charge < -0.3 is 20.3 Å². The van der Waals surface area contributed by atoms with Gasteiger partial charge in [0.05, 0.1) is 17.9 Å². The van der Waals surface area contributed by atoms with E-state index in [9.17, 15) is 9.18 Å². The molecule has 31 heavy (non-hydrogen) atoms. The third-order valence-corrected chi connectivity index (χ3v) is 5.33. The van der Waals surface area contributed by atoms with Gasteiger partial charge in [-0.05, 0) is 37.7 Å². The molecule has 2 heterocycles. The molecule has 4 rings (SSSR count).